The third-order valence-electron chi connectivity index (χ3n) is 3.16. The summed E-state index contributed by atoms with van der Waals surface area (Å²) in [5.74, 6) is 0.948. The first-order valence-electron chi connectivity index (χ1n) is 6.29. The third kappa shape index (κ3) is 3.52. The van der Waals surface area contributed by atoms with Gasteiger partial charge < -0.3 is 0 Å². The number of hydrogen-bond acceptors (Lipinski definition) is 0. The van der Waals surface area contributed by atoms with Crippen LogP contribution < -0.4 is 0 Å². The molecular formula is C15H23Cl. The fourth-order valence-corrected chi connectivity index (χ4v) is 2.18. The summed E-state index contributed by atoms with van der Waals surface area (Å²) in [5, 5.41) is 0.219. The molecule has 1 aromatic carbocycles. The fourth-order valence-electron chi connectivity index (χ4n) is 2.04. The molecule has 0 N–H and O–H groups in total. The molecule has 0 aliphatic carbocycles. The fraction of sp³-hybridized carbons (Fsp3) is 0.600. The van der Waals surface area contributed by atoms with Gasteiger partial charge in [0.25, 0.3) is 0 Å². The van der Waals surface area contributed by atoms with Gasteiger partial charge in [0.1, 0.15) is 0 Å². The zero-order valence-electron chi connectivity index (χ0n) is 10.8. The van der Waals surface area contributed by atoms with Crippen LogP contribution in [0.15, 0.2) is 24.3 Å². The van der Waals surface area contributed by atoms with Gasteiger partial charge in [0.2, 0.25) is 0 Å². The summed E-state index contributed by atoms with van der Waals surface area (Å²) in [6.07, 6.45) is 2.38. The number of halogens is 1. The SMILES string of the molecule is CCCc1ccc(C(C)C(Cl)C(C)C)cc1. The van der Waals surface area contributed by atoms with E-state index in [4.69, 9.17) is 11.6 Å². The largest absolute Gasteiger partial charge is 0.122 e. The smallest absolute Gasteiger partial charge is 0.0424 e. The van der Waals surface area contributed by atoms with Crippen LogP contribution in [0.1, 0.15) is 51.2 Å². The first-order valence-corrected chi connectivity index (χ1v) is 6.72. The van der Waals surface area contributed by atoms with Crippen molar-refractivity contribution in [2.75, 3.05) is 0 Å². The quantitative estimate of drug-likeness (QED) is 0.633. The highest BCUT2D eigenvalue weighted by Gasteiger charge is 2.19. The van der Waals surface area contributed by atoms with Gasteiger partial charge in [0.05, 0.1) is 0 Å². The Bertz CT molecular complexity index is 300. The maximum Gasteiger partial charge on any atom is 0.0424 e. The summed E-state index contributed by atoms with van der Waals surface area (Å²) in [6, 6.07) is 8.93. The number of rotatable bonds is 5. The summed E-state index contributed by atoms with van der Waals surface area (Å²) in [5.41, 5.74) is 2.78. The van der Waals surface area contributed by atoms with Crippen molar-refractivity contribution in [3.63, 3.8) is 0 Å². The summed E-state index contributed by atoms with van der Waals surface area (Å²) < 4.78 is 0. The first kappa shape index (κ1) is 13.6. The van der Waals surface area contributed by atoms with E-state index in [0.29, 0.717) is 11.8 Å². The summed E-state index contributed by atoms with van der Waals surface area (Å²) in [6.45, 7) is 8.79. The first-order chi connectivity index (χ1) is 7.56. The summed E-state index contributed by atoms with van der Waals surface area (Å²) in [4.78, 5) is 0. The van der Waals surface area contributed by atoms with Gasteiger partial charge in [0, 0.05) is 5.38 Å². The molecule has 0 bridgehead atoms. The van der Waals surface area contributed by atoms with Crippen LogP contribution in [0.3, 0.4) is 0 Å². The van der Waals surface area contributed by atoms with E-state index in [0.717, 1.165) is 0 Å². The number of alkyl halides is 1. The average molecular weight is 239 g/mol. The molecule has 0 fully saturated rings. The molecule has 1 heteroatoms. The van der Waals surface area contributed by atoms with E-state index in [1.54, 1.807) is 0 Å². The Morgan fingerprint density at radius 2 is 1.62 bits per heavy atom. The second kappa shape index (κ2) is 6.30. The van der Waals surface area contributed by atoms with Crippen LogP contribution in [0.2, 0.25) is 0 Å². The highest BCUT2D eigenvalue weighted by atomic mass is 35.5. The third-order valence-corrected chi connectivity index (χ3v) is 4.04. The molecule has 0 nitrogen and oxygen atoms in total. The standard InChI is InChI=1S/C15H23Cl/c1-5-6-13-7-9-14(10-8-13)12(4)15(16)11(2)3/h7-12,15H,5-6H2,1-4H3. The van der Waals surface area contributed by atoms with Crippen LogP contribution in [0.5, 0.6) is 0 Å². The van der Waals surface area contributed by atoms with Crippen LogP contribution >= 0.6 is 11.6 Å². The minimum absolute atomic E-state index is 0.219. The van der Waals surface area contributed by atoms with E-state index in [9.17, 15) is 0 Å². The minimum atomic E-state index is 0.219. The van der Waals surface area contributed by atoms with Crippen molar-refractivity contribution in [2.45, 2.75) is 51.8 Å². The van der Waals surface area contributed by atoms with Gasteiger partial charge in [-0.15, -0.1) is 11.6 Å². The monoisotopic (exact) mass is 238 g/mol. The lowest BCUT2D eigenvalue weighted by molar-refractivity contribution is 0.533. The summed E-state index contributed by atoms with van der Waals surface area (Å²) in [7, 11) is 0. The van der Waals surface area contributed by atoms with Gasteiger partial charge >= 0.3 is 0 Å². The van der Waals surface area contributed by atoms with Crippen molar-refractivity contribution in [1.82, 2.24) is 0 Å². The Labute approximate surface area is 105 Å². The zero-order valence-corrected chi connectivity index (χ0v) is 11.6. The van der Waals surface area contributed by atoms with Gasteiger partial charge in [0.15, 0.2) is 0 Å². The van der Waals surface area contributed by atoms with Crippen molar-refractivity contribution < 1.29 is 0 Å². The molecule has 0 aliphatic heterocycles. The highest BCUT2D eigenvalue weighted by Crippen LogP contribution is 2.28. The predicted octanol–water partition coefficient (Wildman–Crippen LogP) is 5.01. The van der Waals surface area contributed by atoms with Crippen LogP contribution in [0, 0.1) is 5.92 Å². The Hall–Kier alpha value is -0.490. The molecule has 1 aromatic rings. The molecule has 2 atom stereocenters. The Balaban J connectivity index is 2.73. The lowest BCUT2D eigenvalue weighted by Crippen LogP contribution is -2.16. The lowest BCUT2D eigenvalue weighted by atomic mass is 9.90. The molecule has 0 amide bonds. The van der Waals surface area contributed by atoms with E-state index in [2.05, 4.69) is 52.0 Å². The number of hydrogen-bond donors (Lipinski definition) is 0. The Kier molecular flexibility index (Phi) is 5.34. The topological polar surface area (TPSA) is 0 Å². The normalized spacial score (nSPS) is 15.1. The van der Waals surface area contributed by atoms with Gasteiger partial charge in [-0.3, -0.25) is 0 Å². The van der Waals surface area contributed by atoms with E-state index >= 15 is 0 Å². The molecule has 1 rings (SSSR count). The van der Waals surface area contributed by atoms with Gasteiger partial charge in [-0.05, 0) is 29.4 Å². The molecule has 0 radical (unpaired) electrons. The average Bonchev–Trinajstić information content (AvgIpc) is 2.28. The minimum Gasteiger partial charge on any atom is -0.122 e. The molecule has 0 aromatic heterocycles. The van der Waals surface area contributed by atoms with E-state index in [-0.39, 0.29) is 5.38 Å². The number of aryl methyl sites for hydroxylation is 1. The van der Waals surface area contributed by atoms with Crippen LogP contribution in [0.4, 0.5) is 0 Å². The molecule has 16 heavy (non-hydrogen) atoms. The zero-order chi connectivity index (χ0) is 12.1. The van der Waals surface area contributed by atoms with Gasteiger partial charge in [-0.2, -0.15) is 0 Å². The molecular weight excluding hydrogens is 216 g/mol. The van der Waals surface area contributed by atoms with Crippen molar-refractivity contribution in [3.8, 4) is 0 Å². The maximum absolute atomic E-state index is 6.40. The maximum atomic E-state index is 6.40. The van der Waals surface area contributed by atoms with Crippen molar-refractivity contribution in [2.24, 2.45) is 5.92 Å². The molecule has 2 unspecified atom stereocenters. The van der Waals surface area contributed by atoms with Gasteiger partial charge in [-0.1, -0.05) is 58.4 Å². The van der Waals surface area contributed by atoms with Crippen molar-refractivity contribution in [3.05, 3.63) is 35.4 Å². The predicted molar refractivity (Wildman–Crippen MR) is 73.3 cm³/mol. The molecule has 0 spiro atoms. The molecule has 0 saturated carbocycles. The molecule has 0 heterocycles. The van der Waals surface area contributed by atoms with Crippen LogP contribution in [-0.4, -0.2) is 5.38 Å². The van der Waals surface area contributed by atoms with Crippen LogP contribution in [0.25, 0.3) is 0 Å². The Morgan fingerprint density at radius 3 is 2.06 bits per heavy atom. The van der Waals surface area contributed by atoms with Crippen LogP contribution in [-0.2, 0) is 6.42 Å². The van der Waals surface area contributed by atoms with Crippen molar-refractivity contribution in [1.29, 1.82) is 0 Å². The van der Waals surface area contributed by atoms with E-state index in [1.807, 2.05) is 0 Å². The molecule has 0 saturated heterocycles. The molecule has 90 valence electrons. The van der Waals surface area contributed by atoms with E-state index in [1.165, 1.54) is 24.0 Å². The Morgan fingerprint density at radius 1 is 1.06 bits per heavy atom. The van der Waals surface area contributed by atoms with E-state index < -0.39 is 0 Å². The second-order valence-corrected chi connectivity index (χ2v) is 5.47. The van der Waals surface area contributed by atoms with Gasteiger partial charge in [-0.25, -0.2) is 0 Å². The lowest BCUT2D eigenvalue weighted by Gasteiger charge is -2.21. The highest BCUT2D eigenvalue weighted by molar-refractivity contribution is 6.21. The van der Waals surface area contributed by atoms with Crippen molar-refractivity contribution >= 4 is 11.6 Å². The summed E-state index contributed by atoms with van der Waals surface area (Å²) >= 11 is 6.40. The second-order valence-electron chi connectivity index (χ2n) is 4.97. The molecule has 0 aliphatic rings. The number of benzene rings is 1.